The molecule has 1 fully saturated rings. The Labute approximate surface area is 137 Å². The van der Waals surface area contributed by atoms with E-state index in [0.29, 0.717) is 13.2 Å². The summed E-state index contributed by atoms with van der Waals surface area (Å²) in [4.78, 5) is 0. The van der Waals surface area contributed by atoms with Gasteiger partial charge in [-0.05, 0) is 5.56 Å². The van der Waals surface area contributed by atoms with Crippen LogP contribution in [0, 0.1) is 0 Å². The maximum absolute atomic E-state index is 6.01. The molecule has 1 heterocycles. The smallest absolute Gasteiger partial charge is 0.187 e. The van der Waals surface area contributed by atoms with Crippen molar-refractivity contribution < 1.29 is 28.4 Å². The first kappa shape index (κ1) is 18.3. The van der Waals surface area contributed by atoms with Gasteiger partial charge < -0.3 is 28.4 Å². The molecule has 130 valence electrons. The molecule has 23 heavy (non-hydrogen) atoms. The Morgan fingerprint density at radius 3 is 2.09 bits per heavy atom. The van der Waals surface area contributed by atoms with Gasteiger partial charge in [-0.3, -0.25) is 0 Å². The molecule has 0 spiro atoms. The molecule has 6 nitrogen and oxygen atoms in total. The zero-order valence-corrected chi connectivity index (χ0v) is 14.1. The maximum atomic E-state index is 6.01. The molecule has 0 unspecified atom stereocenters. The van der Waals surface area contributed by atoms with Crippen LogP contribution in [-0.2, 0) is 35.0 Å². The fourth-order valence-electron chi connectivity index (χ4n) is 2.87. The lowest BCUT2D eigenvalue weighted by Gasteiger charge is -2.44. The fraction of sp³-hybridized carbons (Fsp3) is 0.647. The lowest BCUT2D eigenvalue weighted by molar-refractivity contribution is -0.316. The molecule has 1 aromatic carbocycles. The number of ether oxygens (including phenoxy) is 6. The van der Waals surface area contributed by atoms with Crippen LogP contribution < -0.4 is 0 Å². The first-order valence-electron chi connectivity index (χ1n) is 7.63. The highest BCUT2D eigenvalue weighted by Gasteiger charge is 2.47. The third-order valence-corrected chi connectivity index (χ3v) is 4.00. The number of hydrogen-bond donors (Lipinski definition) is 0. The summed E-state index contributed by atoms with van der Waals surface area (Å²) in [6.07, 6.45) is -1.83. The highest BCUT2D eigenvalue weighted by Crippen LogP contribution is 2.28. The van der Waals surface area contributed by atoms with E-state index in [1.54, 1.807) is 28.4 Å². The normalized spacial score (nSPS) is 31.2. The summed E-state index contributed by atoms with van der Waals surface area (Å²) in [5, 5.41) is 0. The molecule has 0 saturated carbocycles. The summed E-state index contributed by atoms with van der Waals surface area (Å²) < 4.78 is 33.9. The van der Waals surface area contributed by atoms with Gasteiger partial charge in [0, 0.05) is 28.4 Å². The third-order valence-electron chi connectivity index (χ3n) is 4.00. The van der Waals surface area contributed by atoms with Gasteiger partial charge >= 0.3 is 0 Å². The van der Waals surface area contributed by atoms with E-state index in [1.807, 2.05) is 30.3 Å². The number of rotatable bonds is 8. The van der Waals surface area contributed by atoms with Gasteiger partial charge in [0.25, 0.3) is 0 Å². The van der Waals surface area contributed by atoms with Crippen molar-refractivity contribution in [3.8, 4) is 0 Å². The summed E-state index contributed by atoms with van der Waals surface area (Å²) in [7, 11) is 6.50. The van der Waals surface area contributed by atoms with Crippen molar-refractivity contribution in [1.82, 2.24) is 0 Å². The van der Waals surface area contributed by atoms with Crippen molar-refractivity contribution in [3.05, 3.63) is 35.9 Å². The largest absolute Gasteiger partial charge is 0.382 e. The van der Waals surface area contributed by atoms with Gasteiger partial charge in [0.2, 0.25) is 0 Å². The van der Waals surface area contributed by atoms with Crippen LogP contribution in [0.2, 0.25) is 0 Å². The lowest BCUT2D eigenvalue weighted by atomic mass is 9.98. The molecule has 0 bridgehead atoms. The van der Waals surface area contributed by atoms with Gasteiger partial charge in [-0.2, -0.15) is 0 Å². The molecule has 1 aliphatic heterocycles. The summed E-state index contributed by atoms with van der Waals surface area (Å²) in [6.45, 7) is 0.819. The fourth-order valence-corrected chi connectivity index (χ4v) is 2.87. The molecule has 1 aliphatic rings. The molecule has 0 radical (unpaired) electrons. The summed E-state index contributed by atoms with van der Waals surface area (Å²) in [6, 6.07) is 9.92. The predicted molar refractivity (Wildman–Crippen MR) is 84.2 cm³/mol. The standard InChI is InChI=1S/C17H26O6/c1-18-11-13-14(19-2)15(20-3)16(21-4)17(23-13)22-10-12-8-6-5-7-9-12/h5-9,13-17H,10-11H2,1-4H3/t13-,14-,15+,16-,17+/m1/s1. The first-order valence-corrected chi connectivity index (χ1v) is 7.63. The Morgan fingerprint density at radius 1 is 0.870 bits per heavy atom. The number of methoxy groups -OCH3 is 4. The van der Waals surface area contributed by atoms with Crippen LogP contribution in [0.1, 0.15) is 5.56 Å². The van der Waals surface area contributed by atoms with Crippen molar-refractivity contribution in [3.63, 3.8) is 0 Å². The lowest BCUT2D eigenvalue weighted by Crippen LogP contribution is -2.61. The third kappa shape index (κ3) is 4.50. The molecular formula is C17H26O6. The van der Waals surface area contributed by atoms with Crippen molar-refractivity contribution in [2.45, 2.75) is 37.3 Å². The van der Waals surface area contributed by atoms with Gasteiger partial charge in [-0.15, -0.1) is 0 Å². The monoisotopic (exact) mass is 326 g/mol. The van der Waals surface area contributed by atoms with Crippen LogP contribution in [0.15, 0.2) is 30.3 Å². The van der Waals surface area contributed by atoms with Gasteiger partial charge in [-0.1, -0.05) is 30.3 Å². The highest BCUT2D eigenvalue weighted by molar-refractivity contribution is 5.13. The summed E-state index contributed by atoms with van der Waals surface area (Å²) >= 11 is 0. The molecule has 0 amide bonds. The van der Waals surface area contributed by atoms with Crippen LogP contribution in [0.4, 0.5) is 0 Å². The minimum Gasteiger partial charge on any atom is -0.382 e. The second-order valence-corrected chi connectivity index (χ2v) is 5.40. The Hall–Kier alpha value is -1.02. The summed E-state index contributed by atoms with van der Waals surface area (Å²) in [5.74, 6) is 0. The van der Waals surface area contributed by atoms with Crippen LogP contribution in [0.25, 0.3) is 0 Å². The van der Waals surface area contributed by atoms with E-state index < -0.39 is 6.29 Å². The van der Waals surface area contributed by atoms with Crippen LogP contribution >= 0.6 is 0 Å². The van der Waals surface area contributed by atoms with Crippen LogP contribution in [-0.4, -0.2) is 65.8 Å². The Bertz CT molecular complexity index is 440. The molecule has 5 atom stereocenters. The Morgan fingerprint density at radius 2 is 1.52 bits per heavy atom. The molecular weight excluding hydrogens is 300 g/mol. The van der Waals surface area contributed by atoms with Crippen molar-refractivity contribution in [2.75, 3.05) is 35.0 Å². The average molecular weight is 326 g/mol. The summed E-state index contributed by atoms with van der Waals surface area (Å²) in [5.41, 5.74) is 1.07. The van der Waals surface area contributed by atoms with E-state index in [2.05, 4.69) is 0 Å². The maximum Gasteiger partial charge on any atom is 0.187 e. The predicted octanol–water partition coefficient (Wildman–Crippen LogP) is 1.62. The molecule has 1 saturated heterocycles. The second kappa shape index (κ2) is 9.32. The Balaban J connectivity index is 2.09. The SMILES string of the molecule is COC[C@H]1O[C@H](OCc2ccccc2)[C@H](OC)[C@@H](OC)[C@@H]1OC. The molecule has 0 N–H and O–H groups in total. The van der Waals surface area contributed by atoms with Crippen LogP contribution in [0.5, 0.6) is 0 Å². The van der Waals surface area contributed by atoms with Gasteiger partial charge in [0.05, 0.1) is 13.2 Å². The van der Waals surface area contributed by atoms with Crippen molar-refractivity contribution >= 4 is 0 Å². The van der Waals surface area contributed by atoms with E-state index in [4.69, 9.17) is 28.4 Å². The van der Waals surface area contributed by atoms with E-state index in [0.717, 1.165) is 5.56 Å². The average Bonchev–Trinajstić information content (AvgIpc) is 2.60. The van der Waals surface area contributed by atoms with E-state index in [1.165, 1.54) is 0 Å². The Kier molecular flexibility index (Phi) is 7.42. The molecule has 2 rings (SSSR count). The van der Waals surface area contributed by atoms with Gasteiger partial charge in [0.15, 0.2) is 6.29 Å². The van der Waals surface area contributed by atoms with Gasteiger partial charge in [0.1, 0.15) is 24.4 Å². The number of benzene rings is 1. The second-order valence-electron chi connectivity index (χ2n) is 5.40. The van der Waals surface area contributed by atoms with Crippen LogP contribution in [0.3, 0.4) is 0 Å². The molecule has 0 aromatic heterocycles. The highest BCUT2D eigenvalue weighted by atomic mass is 16.7. The van der Waals surface area contributed by atoms with Crippen molar-refractivity contribution in [2.24, 2.45) is 0 Å². The quantitative estimate of drug-likeness (QED) is 0.724. The minimum absolute atomic E-state index is 0.290. The van der Waals surface area contributed by atoms with E-state index in [-0.39, 0.29) is 24.4 Å². The minimum atomic E-state index is -0.559. The van der Waals surface area contributed by atoms with Crippen molar-refractivity contribution in [1.29, 1.82) is 0 Å². The number of hydrogen-bond acceptors (Lipinski definition) is 6. The molecule has 6 heteroatoms. The topological polar surface area (TPSA) is 55.4 Å². The zero-order valence-electron chi connectivity index (χ0n) is 14.1. The molecule has 1 aromatic rings. The van der Waals surface area contributed by atoms with E-state index in [9.17, 15) is 0 Å². The van der Waals surface area contributed by atoms with Gasteiger partial charge in [-0.25, -0.2) is 0 Å². The van der Waals surface area contributed by atoms with E-state index >= 15 is 0 Å². The molecule has 0 aliphatic carbocycles. The first-order chi connectivity index (χ1) is 11.2. The zero-order chi connectivity index (χ0) is 16.7.